The summed E-state index contributed by atoms with van der Waals surface area (Å²) in [5, 5.41) is 28.6. The third kappa shape index (κ3) is 28.8. The molecule has 12 heteroatoms. The van der Waals surface area contributed by atoms with Crippen molar-refractivity contribution in [1.29, 1.82) is 0 Å². The molecule has 0 aromatic carbocycles. The highest BCUT2D eigenvalue weighted by molar-refractivity contribution is 6.87. The molecule has 0 spiro atoms. The molecule has 9 nitrogen and oxygen atoms in total. The number of aliphatic hydroxyl groups excluding tert-OH is 3. The lowest BCUT2D eigenvalue weighted by Gasteiger charge is -2.37. The molecule has 0 aliphatic rings. The predicted molar refractivity (Wildman–Crippen MR) is 162 cm³/mol. The lowest BCUT2D eigenvalue weighted by molar-refractivity contribution is -0.0692. The van der Waals surface area contributed by atoms with Gasteiger partial charge in [0.25, 0.3) is 0 Å². The van der Waals surface area contributed by atoms with E-state index in [1.54, 1.807) is 12.2 Å². The van der Waals surface area contributed by atoms with E-state index in [1.807, 2.05) is 0 Å². The van der Waals surface area contributed by atoms with Gasteiger partial charge in [0.15, 0.2) is 16.6 Å². The van der Waals surface area contributed by atoms with Gasteiger partial charge < -0.3 is 42.5 Å². The van der Waals surface area contributed by atoms with Gasteiger partial charge in [0.05, 0.1) is 52.9 Å². The number of rotatable bonds is 23. The van der Waals surface area contributed by atoms with Gasteiger partial charge in [-0.25, -0.2) is 0 Å². The van der Waals surface area contributed by atoms with Crippen LogP contribution in [0.1, 0.15) is 19.8 Å². The molecular weight excluding hydrogens is 541 g/mol. The molecule has 0 aromatic rings. The number of unbranched alkanes of at least 4 members (excludes halogenated alkanes) is 1. The molecule has 2 atom stereocenters. The topological polar surface area (TPSA) is 116 Å². The summed E-state index contributed by atoms with van der Waals surface area (Å²) in [6.07, 6.45) is 3.39. The van der Waals surface area contributed by atoms with E-state index in [0.717, 1.165) is 0 Å². The number of ether oxygens (including phenoxy) is 4. The SMILES string of the molecule is C=CCOCC(O)COCC(O)COCC(O)COCC=C.CCCC[Si](C)(C)O[Si](C)(C)O[Si](C)(C)C. The van der Waals surface area contributed by atoms with Crippen LogP contribution in [0, 0.1) is 0 Å². The second kappa shape index (κ2) is 22.5. The minimum Gasteiger partial charge on any atom is -0.437 e. The molecule has 0 amide bonds. The van der Waals surface area contributed by atoms with Crippen LogP contribution in [0.15, 0.2) is 25.3 Å². The van der Waals surface area contributed by atoms with Gasteiger partial charge in [0, 0.05) is 0 Å². The van der Waals surface area contributed by atoms with Crippen molar-refractivity contribution in [3.63, 3.8) is 0 Å². The summed E-state index contributed by atoms with van der Waals surface area (Å²) in [6.45, 7) is 26.2. The molecule has 0 fully saturated rings. The maximum Gasteiger partial charge on any atom is 0.311 e. The summed E-state index contributed by atoms with van der Waals surface area (Å²) in [7, 11) is -4.87. The van der Waals surface area contributed by atoms with E-state index in [4.69, 9.17) is 27.2 Å². The van der Waals surface area contributed by atoms with Crippen LogP contribution in [0.2, 0.25) is 51.9 Å². The molecule has 38 heavy (non-hydrogen) atoms. The monoisotopic (exact) mass is 598 g/mol. The third-order valence-electron chi connectivity index (χ3n) is 4.54. The van der Waals surface area contributed by atoms with Crippen molar-refractivity contribution in [3.05, 3.63) is 25.3 Å². The van der Waals surface area contributed by atoms with E-state index >= 15 is 0 Å². The first-order valence-corrected chi connectivity index (χ1v) is 22.9. The van der Waals surface area contributed by atoms with E-state index in [2.05, 4.69) is 65.9 Å². The first-order valence-electron chi connectivity index (χ1n) is 13.5. The molecule has 0 aliphatic heterocycles. The molecule has 0 radical (unpaired) electrons. The Balaban J connectivity index is 0. The fourth-order valence-corrected chi connectivity index (χ4v) is 16.9. The smallest absolute Gasteiger partial charge is 0.311 e. The Bertz CT molecular complexity index is 561. The van der Waals surface area contributed by atoms with Crippen molar-refractivity contribution in [2.24, 2.45) is 0 Å². The highest BCUT2D eigenvalue weighted by Gasteiger charge is 2.37. The molecule has 0 heterocycles. The Hall–Kier alpha value is -0.229. The molecule has 0 aliphatic carbocycles. The molecule has 0 bridgehead atoms. The summed E-state index contributed by atoms with van der Waals surface area (Å²) in [6, 6.07) is 1.26. The molecule has 228 valence electrons. The van der Waals surface area contributed by atoms with Crippen LogP contribution in [-0.2, 0) is 27.2 Å². The summed E-state index contributed by atoms with van der Waals surface area (Å²) in [4.78, 5) is 0. The Labute approximate surface area is 235 Å². The second-order valence-electron chi connectivity index (χ2n) is 11.3. The quantitative estimate of drug-likeness (QED) is 0.0909. The fraction of sp³-hybridized carbons (Fsp3) is 0.846. The number of hydrogen-bond acceptors (Lipinski definition) is 9. The Morgan fingerprint density at radius 1 is 0.632 bits per heavy atom. The van der Waals surface area contributed by atoms with Gasteiger partial charge in [0.2, 0.25) is 0 Å². The van der Waals surface area contributed by atoms with Crippen LogP contribution < -0.4 is 0 Å². The van der Waals surface area contributed by atoms with E-state index in [-0.39, 0.29) is 39.6 Å². The Morgan fingerprint density at radius 3 is 1.32 bits per heavy atom. The van der Waals surface area contributed by atoms with Crippen LogP contribution in [0.5, 0.6) is 0 Å². The summed E-state index contributed by atoms with van der Waals surface area (Å²) >= 11 is 0. The lowest BCUT2D eigenvalue weighted by atomic mass is 10.3. The van der Waals surface area contributed by atoms with Gasteiger partial charge in [-0.05, 0) is 51.9 Å². The number of aliphatic hydroxyl groups is 3. The summed E-state index contributed by atoms with van der Waals surface area (Å²) < 4.78 is 33.0. The number of hydrogen-bond donors (Lipinski definition) is 3. The maximum absolute atomic E-state index is 9.60. The van der Waals surface area contributed by atoms with Gasteiger partial charge in [-0.15, -0.1) is 13.2 Å². The van der Waals surface area contributed by atoms with Crippen LogP contribution in [0.25, 0.3) is 0 Å². The van der Waals surface area contributed by atoms with Crippen molar-refractivity contribution in [3.8, 4) is 0 Å². The normalized spacial score (nSPS) is 14.8. The molecular formula is C26H58O9Si3. The fourth-order valence-electron chi connectivity index (χ4n) is 3.48. The average Bonchev–Trinajstić information content (AvgIpc) is 2.76. The van der Waals surface area contributed by atoms with Gasteiger partial charge >= 0.3 is 8.56 Å². The van der Waals surface area contributed by atoms with E-state index in [9.17, 15) is 15.3 Å². The Morgan fingerprint density at radius 2 is 1.00 bits per heavy atom. The largest absolute Gasteiger partial charge is 0.437 e. The zero-order chi connectivity index (χ0) is 29.7. The summed E-state index contributed by atoms with van der Waals surface area (Å²) in [5.41, 5.74) is 0. The first kappa shape index (κ1) is 39.9. The lowest BCUT2D eigenvalue weighted by Crippen LogP contribution is -2.51. The van der Waals surface area contributed by atoms with Crippen LogP contribution >= 0.6 is 0 Å². The molecule has 0 aromatic heterocycles. The van der Waals surface area contributed by atoms with Crippen molar-refractivity contribution >= 4 is 25.2 Å². The van der Waals surface area contributed by atoms with Crippen LogP contribution in [0.3, 0.4) is 0 Å². The highest BCUT2D eigenvalue weighted by atomic mass is 28.5. The highest BCUT2D eigenvalue weighted by Crippen LogP contribution is 2.24. The van der Waals surface area contributed by atoms with E-state index < -0.39 is 43.5 Å². The van der Waals surface area contributed by atoms with Gasteiger partial charge in [-0.2, -0.15) is 0 Å². The Kier molecular flexibility index (Phi) is 23.6. The first-order chi connectivity index (χ1) is 17.6. The van der Waals surface area contributed by atoms with Gasteiger partial charge in [-0.1, -0.05) is 31.9 Å². The predicted octanol–water partition coefficient (Wildman–Crippen LogP) is 4.07. The minimum atomic E-state index is -1.90. The van der Waals surface area contributed by atoms with Gasteiger partial charge in [0.1, 0.15) is 18.3 Å². The molecule has 0 rings (SSSR count). The van der Waals surface area contributed by atoms with Crippen molar-refractivity contribution in [1.82, 2.24) is 0 Å². The standard InChI is InChI=1S/C15H28O7.C11H30O2Si3/c1-3-5-19-7-13(16)9-21-11-15(18)12-22-10-14(17)8-20-6-4-2;1-9-10-11-15(5,6)13-16(7,8)12-14(2,3)4/h3-4,13-18H,1-2,5-12H2;9-11H2,1-8H3. The van der Waals surface area contributed by atoms with E-state index in [0.29, 0.717) is 13.2 Å². The molecule has 0 saturated heterocycles. The second-order valence-corrected chi connectivity index (χ2v) is 23.9. The van der Waals surface area contributed by atoms with E-state index in [1.165, 1.54) is 18.9 Å². The maximum atomic E-state index is 9.60. The van der Waals surface area contributed by atoms with Crippen molar-refractivity contribution in [2.45, 2.75) is 90.0 Å². The molecule has 2 unspecified atom stereocenters. The van der Waals surface area contributed by atoms with Crippen molar-refractivity contribution in [2.75, 3.05) is 52.9 Å². The minimum absolute atomic E-state index is 0.0293. The molecule has 3 N–H and O–H groups in total. The summed E-state index contributed by atoms with van der Waals surface area (Å²) in [5.74, 6) is 0. The van der Waals surface area contributed by atoms with Crippen molar-refractivity contribution < 1.29 is 42.5 Å². The average molecular weight is 599 g/mol. The van der Waals surface area contributed by atoms with Crippen LogP contribution in [-0.4, -0.2) is 112 Å². The van der Waals surface area contributed by atoms with Crippen LogP contribution in [0.4, 0.5) is 0 Å². The third-order valence-corrected chi connectivity index (χ3v) is 14.7. The molecule has 0 saturated carbocycles. The zero-order valence-corrected chi connectivity index (χ0v) is 28.4. The van der Waals surface area contributed by atoms with Gasteiger partial charge in [-0.3, -0.25) is 0 Å². The zero-order valence-electron chi connectivity index (χ0n) is 25.4.